The van der Waals surface area contributed by atoms with E-state index in [1.165, 1.54) is 7.11 Å². The molecule has 1 unspecified atom stereocenters. The van der Waals surface area contributed by atoms with E-state index in [2.05, 4.69) is 11.7 Å². The number of unbranched alkanes of at least 4 members (excludes halogenated alkanes) is 12. The molecule has 0 aliphatic carbocycles. The van der Waals surface area contributed by atoms with Crippen molar-refractivity contribution in [1.29, 1.82) is 0 Å². The molecule has 2 aliphatic heterocycles. The number of ether oxygens (including phenoxy) is 12. The Bertz CT molecular complexity index is 1860. The van der Waals surface area contributed by atoms with Gasteiger partial charge in [0.15, 0.2) is 52.9 Å². The number of carbonyl (C=O) groups excluding carboxylic acids is 8. The van der Waals surface area contributed by atoms with Crippen LogP contribution >= 0.6 is 11.8 Å². The number of thioether (sulfide) groups is 1. The lowest BCUT2D eigenvalue weighted by molar-refractivity contribution is -0.361. The van der Waals surface area contributed by atoms with Crippen molar-refractivity contribution < 1.29 is 104 Å². The Morgan fingerprint density at radius 2 is 0.946 bits per heavy atom. The molecule has 22 nitrogen and oxygen atoms in total. The summed E-state index contributed by atoms with van der Waals surface area (Å²) in [6.07, 6.45) is -2.91. The van der Waals surface area contributed by atoms with Crippen LogP contribution in [-0.4, -0.2) is 168 Å². The van der Waals surface area contributed by atoms with Crippen molar-refractivity contribution in [2.75, 3.05) is 49.9 Å². The molecule has 2 rings (SSSR count). The molecule has 0 amide bonds. The Balaban J connectivity index is 2.51. The zero-order valence-corrected chi connectivity index (χ0v) is 46.3. The number of methoxy groups -OCH3 is 1. The maximum Gasteiger partial charge on any atom is 0.305 e. The maximum atomic E-state index is 13.7. The number of esters is 8. The van der Waals surface area contributed by atoms with Crippen LogP contribution in [0.1, 0.15) is 152 Å². The average Bonchev–Trinajstić information content (AvgIpc) is 3.30. The number of hydrogen-bond donors (Lipinski definition) is 0. The molecule has 0 radical (unpaired) electrons. The first-order valence-corrected chi connectivity index (χ1v) is 28.6. The van der Waals surface area contributed by atoms with E-state index >= 15 is 0 Å². The predicted octanol–water partition coefficient (Wildman–Crippen LogP) is 5.43. The van der Waals surface area contributed by atoms with Gasteiger partial charge in [0, 0.05) is 60.8 Å². The number of rotatable bonds is 36. The lowest BCUT2D eigenvalue weighted by atomic mass is 9.96. The van der Waals surface area contributed by atoms with Crippen LogP contribution in [0.3, 0.4) is 0 Å². The smallest absolute Gasteiger partial charge is 0.305 e. The zero-order chi connectivity index (χ0) is 55.2. The molecule has 426 valence electrons. The molecule has 0 N–H and O–H groups in total. The molecule has 0 bridgehead atoms. The van der Waals surface area contributed by atoms with Crippen LogP contribution in [0.5, 0.6) is 0 Å². The number of carbonyl (C=O) groups is 8. The van der Waals surface area contributed by atoms with E-state index in [0.29, 0.717) is 18.6 Å². The van der Waals surface area contributed by atoms with Crippen LogP contribution in [0.4, 0.5) is 0 Å². The van der Waals surface area contributed by atoms with E-state index in [4.69, 9.17) is 52.1 Å². The highest BCUT2D eigenvalue weighted by Gasteiger charge is 2.57. The topological polar surface area (TPSA) is 281 Å². The Morgan fingerprint density at radius 3 is 1.46 bits per heavy atom. The highest BCUT2D eigenvalue weighted by atomic mass is 32.2. The fourth-order valence-electron chi connectivity index (χ4n) is 8.41. The second-order valence-electron chi connectivity index (χ2n) is 18.5. The fraction of sp³-hybridized carbons (Fsp3) is 0.840. The van der Waals surface area contributed by atoms with Gasteiger partial charge in [0.25, 0.3) is 0 Å². The third kappa shape index (κ3) is 27.1. The Kier molecular flexibility index (Phi) is 32.1. The van der Waals surface area contributed by atoms with Crippen LogP contribution in [0.15, 0.2) is 0 Å². The first-order valence-electron chi connectivity index (χ1n) is 25.6. The molecule has 0 aromatic heterocycles. The van der Waals surface area contributed by atoms with E-state index in [9.17, 15) is 46.8 Å². The summed E-state index contributed by atoms with van der Waals surface area (Å²) < 4.78 is 96.1. The van der Waals surface area contributed by atoms with E-state index in [0.717, 1.165) is 138 Å². The van der Waals surface area contributed by atoms with Gasteiger partial charge < -0.3 is 56.8 Å². The summed E-state index contributed by atoms with van der Waals surface area (Å²) in [5.41, 5.74) is 0. The van der Waals surface area contributed by atoms with E-state index in [-0.39, 0.29) is 24.1 Å². The van der Waals surface area contributed by atoms with Gasteiger partial charge in [-0.05, 0) is 30.8 Å². The minimum absolute atomic E-state index is 0.0437. The van der Waals surface area contributed by atoms with Crippen molar-refractivity contribution >= 4 is 69.4 Å². The van der Waals surface area contributed by atoms with Crippen LogP contribution in [0.25, 0.3) is 0 Å². The SMILES string of the molecule is CCCCCCCCSCC(CO[C@@H]1O[C@H](COC(C)=O)[C@@H](O[C@@H]2O[C@H](COC(C)=O)[C@H](OC(C)=O)[C@H](OC(C)=O)[C@H]2OC(C)=O)[C@H](OC(C)=O)[C@H]1OC(C)=O)CS(=O)(=O)CCCCCCCCCCC(=O)OC. The number of sulfone groups is 1. The molecular formula is C50H82O22S2. The zero-order valence-electron chi connectivity index (χ0n) is 44.7. The summed E-state index contributed by atoms with van der Waals surface area (Å²) in [6, 6.07) is 0. The van der Waals surface area contributed by atoms with Crippen molar-refractivity contribution in [3.05, 3.63) is 0 Å². The van der Waals surface area contributed by atoms with Crippen LogP contribution in [0, 0.1) is 5.92 Å². The predicted molar refractivity (Wildman–Crippen MR) is 266 cm³/mol. The summed E-state index contributed by atoms with van der Waals surface area (Å²) in [5.74, 6) is -6.03. The summed E-state index contributed by atoms with van der Waals surface area (Å²) in [5, 5.41) is 0. The van der Waals surface area contributed by atoms with Gasteiger partial charge in [-0.2, -0.15) is 11.8 Å². The second kappa shape index (κ2) is 36.0. The van der Waals surface area contributed by atoms with Gasteiger partial charge in [-0.3, -0.25) is 38.4 Å². The van der Waals surface area contributed by atoms with E-state index in [1.54, 1.807) is 11.8 Å². The first-order chi connectivity index (χ1) is 35.1. The van der Waals surface area contributed by atoms with Crippen molar-refractivity contribution in [3.63, 3.8) is 0 Å². The Hall–Kier alpha value is -4.10. The molecule has 2 heterocycles. The van der Waals surface area contributed by atoms with E-state index in [1.807, 2.05) is 0 Å². The molecule has 2 fully saturated rings. The quantitative estimate of drug-likeness (QED) is 0.0429. The molecule has 0 spiro atoms. The molecule has 0 saturated carbocycles. The normalized spacial score (nSPS) is 24.1. The van der Waals surface area contributed by atoms with Crippen molar-refractivity contribution in [2.24, 2.45) is 5.92 Å². The van der Waals surface area contributed by atoms with Crippen LogP contribution < -0.4 is 0 Å². The fourth-order valence-corrected chi connectivity index (χ4v) is 11.4. The minimum atomic E-state index is -3.62. The van der Waals surface area contributed by atoms with E-state index < -0.39 is 132 Å². The van der Waals surface area contributed by atoms with Gasteiger partial charge in [0.1, 0.15) is 31.5 Å². The average molecular weight is 1100 g/mol. The highest BCUT2D eigenvalue weighted by Crippen LogP contribution is 2.36. The van der Waals surface area contributed by atoms with Gasteiger partial charge in [-0.15, -0.1) is 0 Å². The van der Waals surface area contributed by atoms with Gasteiger partial charge in [0.05, 0.1) is 25.2 Å². The Labute approximate surface area is 440 Å². The summed E-state index contributed by atoms with van der Waals surface area (Å²) >= 11 is 1.59. The van der Waals surface area contributed by atoms with Crippen LogP contribution in [0.2, 0.25) is 0 Å². The van der Waals surface area contributed by atoms with Crippen molar-refractivity contribution in [1.82, 2.24) is 0 Å². The molecule has 74 heavy (non-hydrogen) atoms. The molecule has 24 heteroatoms. The van der Waals surface area contributed by atoms with Crippen LogP contribution in [-0.2, 0) is 105 Å². The third-order valence-electron chi connectivity index (χ3n) is 11.7. The summed E-state index contributed by atoms with van der Waals surface area (Å²) in [4.78, 5) is 99.1. The summed E-state index contributed by atoms with van der Waals surface area (Å²) in [7, 11) is -2.25. The largest absolute Gasteiger partial charge is 0.469 e. The van der Waals surface area contributed by atoms with Gasteiger partial charge in [-0.1, -0.05) is 77.6 Å². The third-order valence-corrected chi connectivity index (χ3v) is 14.9. The second-order valence-corrected chi connectivity index (χ2v) is 21.9. The molecule has 0 aromatic rings. The lowest BCUT2D eigenvalue weighted by Gasteiger charge is -2.48. The monoisotopic (exact) mass is 1100 g/mol. The summed E-state index contributed by atoms with van der Waals surface area (Å²) in [6.45, 7) is 8.14. The molecule has 2 aliphatic rings. The first kappa shape index (κ1) is 66.0. The standard InChI is InChI=1S/C50H82O22S2/c1-10-11-12-13-19-22-25-73-30-39(31-74(59,60)26-23-20-17-15-14-16-18-21-24-42(58)61-9)27-64-49-47(68-37(7)56)46(67-36(6)55)44(41(70-49)29-63-33(3)52)72-50-48(69-38(8)57)45(66-35(5)54)43(65-34(4)53)40(71-50)28-62-32(2)51/h39-41,43-50H,10-31H2,1-9H3/t39?,40-,41-,43+,44-,45+,46+,47-,48-,49-,50+/m1/s1. The Morgan fingerprint density at radius 1 is 0.514 bits per heavy atom. The number of hydrogen-bond acceptors (Lipinski definition) is 23. The minimum Gasteiger partial charge on any atom is -0.469 e. The van der Waals surface area contributed by atoms with Crippen molar-refractivity contribution in [2.45, 2.75) is 213 Å². The highest BCUT2D eigenvalue weighted by molar-refractivity contribution is 7.99. The van der Waals surface area contributed by atoms with Gasteiger partial charge in [-0.25, -0.2) is 8.42 Å². The maximum absolute atomic E-state index is 13.7. The molecular weight excluding hydrogens is 1020 g/mol. The molecule has 0 aromatic carbocycles. The van der Waals surface area contributed by atoms with Crippen molar-refractivity contribution in [3.8, 4) is 0 Å². The lowest BCUT2D eigenvalue weighted by Crippen LogP contribution is -2.67. The van der Waals surface area contributed by atoms with Gasteiger partial charge >= 0.3 is 47.8 Å². The van der Waals surface area contributed by atoms with Gasteiger partial charge in [0.2, 0.25) is 0 Å². The molecule has 2 saturated heterocycles. The molecule has 11 atom stereocenters.